The average Bonchev–Trinajstić information content (AvgIpc) is 3.12. The molecule has 2 amide bonds. The van der Waals surface area contributed by atoms with Crippen molar-refractivity contribution in [1.29, 1.82) is 0 Å². The van der Waals surface area contributed by atoms with E-state index in [1.165, 1.54) is 36.4 Å². The standard InChI is InChI=1S/C20H15F4N5O2S2/c21-11-4-3-5-12(8-11)25-18-27-28-19(33-18)32-10-17(31)29-14-7-2-1-6-13(14)26-16(30)9-15(29)20(22,23)24/h1-8,15H,9-10H2,(H,25,27)(H,26,30). The second-order valence-electron chi connectivity index (χ2n) is 6.89. The van der Waals surface area contributed by atoms with Gasteiger partial charge in [0.05, 0.1) is 23.5 Å². The third kappa shape index (κ3) is 5.42. The van der Waals surface area contributed by atoms with E-state index in [9.17, 15) is 27.2 Å². The molecule has 1 aliphatic rings. The van der Waals surface area contributed by atoms with Crippen LogP contribution in [0.25, 0.3) is 0 Å². The van der Waals surface area contributed by atoms with E-state index in [1.54, 1.807) is 12.1 Å². The van der Waals surface area contributed by atoms with Crippen LogP contribution in [0, 0.1) is 5.82 Å². The molecule has 1 aliphatic heterocycles. The van der Waals surface area contributed by atoms with Crippen molar-refractivity contribution >= 4 is 57.1 Å². The van der Waals surface area contributed by atoms with E-state index in [0.29, 0.717) is 20.1 Å². The Hall–Kier alpha value is -3.19. The predicted octanol–water partition coefficient (Wildman–Crippen LogP) is 4.82. The molecule has 3 aromatic rings. The Morgan fingerprint density at radius 1 is 1.21 bits per heavy atom. The molecule has 0 saturated carbocycles. The van der Waals surface area contributed by atoms with Crippen molar-refractivity contribution in [2.24, 2.45) is 0 Å². The van der Waals surface area contributed by atoms with Crippen LogP contribution >= 0.6 is 23.1 Å². The number of alkyl halides is 3. The maximum Gasteiger partial charge on any atom is 0.409 e. The Balaban J connectivity index is 1.51. The molecule has 0 radical (unpaired) electrons. The molecular formula is C20H15F4N5O2S2. The fraction of sp³-hybridized carbons (Fsp3) is 0.200. The summed E-state index contributed by atoms with van der Waals surface area (Å²) in [5.74, 6) is -2.45. The number of hydrogen-bond acceptors (Lipinski definition) is 7. The maximum absolute atomic E-state index is 13.8. The molecule has 1 aromatic heterocycles. The molecule has 4 rings (SSSR count). The Bertz CT molecular complexity index is 1190. The number of rotatable bonds is 5. The highest BCUT2D eigenvalue weighted by Gasteiger charge is 2.48. The van der Waals surface area contributed by atoms with E-state index in [1.807, 2.05) is 0 Å². The van der Waals surface area contributed by atoms with Gasteiger partial charge < -0.3 is 10.6 Å². The Kier molecular flexibility index (Phi) is 6.51. The van der Waals surface area contributed by atoms with Gasteiger partial charge in [-0.2, -0.15) is 13.2 Å². The predicted molar refractivity (Wildman–Crippen MR) is 117 cm³/mol. The van der Waals surface area contributed by atoms with Gasteiger partial charge in [-0.15, -0.1) is 10.2 Å². The molecule has 2 N–H and O–H groups in total. The van der Waals surface area contributed by atoms with Crippen molar-refractivity contribution in [2.45, 2.75) is 23.0 Å². The Labute approximate surface area is 193 Å². The lowest BCUT2D eigenvalue weighted by Crippen LogP contribution is -2.50. The summed E-state index contributed by atoms with van der Waals surface area (Å²) in [7, 11) is 0. The number of aromatic nitrogens is 2. The number of carbonyl (C=O) groups is 2. The lowest BCUT2D eigenvalue weighted by molar-refractivity contribution is -0.157. The topological polar surface area (TPSA) is 87.2 Å². The Morgan fingerprint density at radius 2 is 2.00 bits per heavy atom. The minimum absolute atomic E-state index is 0.0259. The van der Waals surface area contributed by atoms with Gasteiger partial charge in [-0.25, -0.2) is 4.39 Å². The third-order valence-electron chi connectivity index (χ3n) is 4.58. The molecule has 0 fully saturated rings. The Morgan fingerprint density at radius 3 is 2.76 bits per heavy atom. The molecule has 0 spiro atoms. The molecule has 1 atom stereocenters. The quantitative estimate of drug-likeness (QED) is 0.388. The van der Waals surface area contributed by atoms with Crippen molar-refractivity contribution < 1.29 is 27.2 Å². The number of amides is 2. The number of thioether (sulfide) groups is 1. The number of hydrogen-bond donors (Lipinski definition) is 2. The van der Waals surface area contributed by atoms with Crippen LogP contribution in [0.2, 0.25) is 0 Å². The van der Waals surface area contributed by atoms with Crippen LogP contribution in [0.1, 0.15) is 6.42 Å². The fourth-order valence-corrected chi connectivity index (χ4v) is 4.83. The van der Waals surface area contributed by atoms with Crippen molar-refractivity contribution in [2.75, 3.05) is 21.3 Å². The monoisotopic (exact) mass is 497 g/mol. The van der Waals surface area contributed by atoms with Crippen LogP contribution in [-0.2, 0) is 9.59 Å². The highest BCUT2D eigenvalue weighted by molar-refractivity contribution is 8.01. The fourth-order valence-electron chi connectivity index (χ4n) is 3.20. The van der Waals surface area contributed by atoms with E-state index in [0.717, 1.165) is 23.1 Å². The lowest BCUT2D eigenvalue weighted by atomic mass is 10.1. The van der Waals surface area contributed by atoms with Gasteiger partial charge in [0.25, 0.3) is 0 Å². The van der Waals surface area contributed by atoms with E-state index in [2.05, 4.69) is 20.8 Å². The van der Waals surface area contributed by atoms with Crippen molar-refractivity contribution in [3.8, 4) is 0 Å². The molecule has 13 heteroatoms. The second-order valence-corrected chi connectivity index (χ2v) is 9.09. The summed E-state index contributed by atoms with van der Waals surface area (Å²) in [5.41, 5.74) is 0.553. The highest BCUT2D eigenvalue weighted by Crippen LogP contribution is 2.38. The first-order valence-corrected chi connectivity index (χ1v) is 11.3. The van der Waals surface area contributed by atoms with E-state index >= 15 is 0 Å². The molecule has 172 valence electrons. The first-order chi connectivity index (χ1) is 15.7. The van der Waals surface area contributed by atoms with Crippen LogP contribution in [0.15, 0.2) is 52.9 Å². The van der Waals surface area contributed by atoms with Crippen LogP contribution < -0.4 is 15.5 Å². The maximum atomic E-state index is 13.8. The van der Waals surface area contributed by atoms with Crippen LogP contribution in [0.5, 0.6) is 0 Å². The zero-order valence-electron chi connectivity index (χ0n) is 16.6. The van der Waals surface area contributed by atoms with Gasteiger partial charge in [-0.3, -0.25) is 14.5 Å². The summed E-state index contributed by atoms with van der Waals surface area (Å²) in [5, 5.41) is 13.4. The van der Waals surface area contributed by atoms with Crippen molar-refractivity contribution in [3.05, 3.63) is 54.3 Å². The van der Waals surface area contributed by atoms with Gasteiger partial charge in [-0.05, 0) is 30.3 Å². The number of benzene rings is 2. The molecule has 0 bridgehead atoms. The minimum Gasteiger partial charge on any atom is -0.330 e. The van der Waals surface area contributed by atoms with Gasteiger partial charge >= 0.3 is 6.18 Å². The molecule has 2 heterocycles. The SMILES string of the molecule is O=C1CC(C(F)(F)F)N(C(=O)CSc2nnc(Nc3cccc(F)c3)s2)c2ccccc2N1. The van der Waals surface area contributed by atoms with Gasteiger partial charge in [0.15, 0.2) is 4.34 Å². The minimum atomic E-state index is -4.81. The summed E-state index contributed by atoms with van der Waals surface area (Å²) < 4.78 is 54.9. The van der Waals surface area contributed by atoms with E-state index in [-0.39, 0.29) is 17.1 Å². The largest absolute Gasteiger partial charge is 0.409 e. The molecular weight excluding hydrogens is 482 g/mol. The summed E-state index contributed by atoms with van der Waals surface area (Å²) in [6, 6.07) is 9.24. The number of fused-ring (bicyclic) bond motifs is 1. The molecule has 0 aliphatic carbocycles. The third-order valence-corrected chi connectivity index (χ3v) is 6.53. The van der Waals surface area contributed by atoms with Gasteiger partial charge in [0.1, 0.15) is 11.9 Å². The zero-order chi connectivity index (χ0) is 23.6. The molecule has 2 aromatic carbocycles. The van der Waals surface area contributed by atoms with E-state index < -0.39 is 36.3 Å². The molecule has 0 saturated heterocycles. The number of nitrogens with zero attached hydrogens (tertiary/aromatic N) is 3. The summed E-state index contributed by atoms with van der Waals surface area (Å²) in [6.07, 6.45) is -5.71. The highest BCUT2D eigenvalue weighted by atomic mass is 32.2. The van der Waals surface area contributed by atoms with Crippen LogP contribution in [-0.4, -0.2) is 40.0 Å². The number of nitrogens with one attached hydrogen (secondary N) is 2. The normalized spacial score (nSPS) is 16.1. The first-order valence-electron chi connectivity index (χ1n) is 9.47. The van der Waals surface area contributed by atoms with Gasteiger partial charge in [0.2, 0.25) is 16.9 Å². The molecule has 7 nitrogen and oxygen atoms in total. The second kappa shape index (κ2) is 9.35. The number of halogens is 4. The van der Waals surface area contributed by atoms with Crippen LogP contribution in [0.3, 0.4) is 0 Å². The smallest absolute Gasteiger partial charge is 0.330 e. The molecule has 33 heavy (non-hydrogen) atoms. The number of anilines is 4. The van der Waals surface area contributed by atoms with E-state index in [4.69, 9.17) is 0 Å². The van der Waals surface area contributed by atoms with Crippen molar-refractivity contribution in [3.63, 3.8) is 0 Å². The van der Waals surface area contributed by atoms with Gasteiger partial charge in [0, 0.05) is 5.69 Å². The lowest BCUT2D eigenvalue weighted by Gasteiger charge is -2.31. The van der Waals surface area contributed by atoms with Gasteiger partial charge in [-0.1, -0.05) is 41.3 Å². The summed E-state index contributed by atoms with van der Waals surface area (Å²) in [6.45, 7) is 0. The summed E-state index contributed by atoms with van der Waals surface area (Å²) >= 11 is 1.99. The zero-order valence-corrected chi connectivity index (χ0v) is 18.2. The average molecular weight is 497 g/mol. The summed E-state index contributed by atoms with van der Waals surface area (Å²) in [4.78, 5) is 25.6. The molecule has 1 unspecified atom stereocenters. The number of carbonyl (C=O) groups excluding carboxylic acids is 2. The van der Waals surface area contributed by atoms with Crippen molar-refractivity contribution in [1.82, 2.24) is 10.2 Å². The first kappa shape index (κ1) is 23.0. The van der Waals surface area contributed by atoms with Crippen LogP contribution in [0.4, 0.5) is 39.8 Å². The number of para-hydroxylation sites is 2.